The van der Waals surface area contributed by atoms with Crippen LogP contribution in [0.4, 0.5) is 4.39 Å². The lowest BCUT2D eigenvalue weighted by molar-refractivity contribution is -0.137. The van der Waals surface area contributed by atoms with Crippen LogP contribution in [0.1, 0.15) is 94.6 Å². The summed E-state index contributed by atoms with van der Waals surface area (Å²) in [6.45, 7) is 2.79. The second kappa shape index (κ2) is 10.6. The van der Waals surface area contributed by atoms with Crippen molar-refractivity contribution in [3.63, 3.8) is 0 Å². The molecule has 4 saturated carbocycles. The SMILES string of the molecule is O=C1CCC(N2Cc3cc(F)cc(OCCCCCCCNC45CC6CC(CC(C6)C4)C5)c3C2)C(=O)N1. The molecule has 2 N–H and O–H groups in total. The van der Waals surface area contributed by atoms with Crippen LogP contribution in [0.2, 0.25) is 0 Å². The number of unbranched alkanes of at least 4 members (excludes halogenated alkanes) is 4. The fraction of sp³-hybridized carbons (Fsp3) is 0.733. The van der Waals surface area contributed by atoms with Gasteiger partial charge in [-0.2, -0.15) is 0 Å². The Morgan fingerprint density at radius 3 is 2.41 bits per heavy atom. The molecular weight excluding hydrogens is 469 g/mol. The van der Waals surface area contributed by atoms with Crippen molar-refractivity contribution in [2.75, 3.05) is 13.2 Å². The fourth-order valence-corrected chi connectivity index (χ4v) is 8.46. The molecule has 2 heterocycles. The first kappa shape index (κ1) is 25.3. The van der Waals surface area contributed by atoms with Crippen molar-refractivity contribution in [3.05, 3.63) is 29.1 Å². The van der Waals surface area contributed by atoms with Gasteiger partial charge in [0.25, 0.3) is 0 Å². The normalized spacial score (nSPS) is 32.6. The molecule has 202 valence electrons. The molecule has 0 aromatic heterocycles. The van der Waals surface area contributed by atoms with Gasteiger partial charge in [-0.25, -0.2) is 4.39 Å². The highest BCUT2D eigenvalue weighted by molar-refractivity contribution is 6.00. The first-order valence-corrected chi connectivity index (χ1v) is 14.7. The van der Waals surface area contributed by atoms with Crippen molar-refractivity contribution in [3.8, 4) is 5.75 Å². The maximum absolute atomic E-state index is 14.3. The number of imide groups is 1. The number of nitrogens with one attached hydrogen (secondary N) is 2. The minimum absolute atomic E-state index is 0.216. The van der Waals surface area contributed by atoms with Crippen LogP contribution in [0.3, 0.4) is 0 Å². The van der Waals surface area contributed by atoms with Crippen LogP contribution in [0, 0.1) is 23.6 Å². The van der Waals surface area contributed by atoms with Gasteiger partial charge >= 0.3 is 0 Å². The number of benzene rings is 1. The first-order chi connectivity index (χ1) is 18.0. The summed E-state index contributed by atoms with van der Waals surface area (Å²) in [5.41, 5.74) is 2.33. The lowest BCUT2D eigenvalue weighted by Gasteiger charge is -2.57. The van der Waals surface area contributed by atoms with Gasteiger partial charge < -0.3 is 10.1 Å². The molecule has 1 atom stereocenters. The van der Waals surface area contributed by atoms with E-state index in [1.807, 2.05) is 4.90 Å². The number of nitrogens with zero attached hydrogens (tertiary/aromatic N) is 1. The summed E-state index contributed by atoms with van der Waals surface area (Å²) in [7, 11) is 0. The topological polar surface area (TPSA) is 70.7 Å². The predicted octanol–water partition coefficient (Wildman–Crippen LogP) is 4.83. The molecule has 0 radical (unpaired) electrons. The van der Waals surface area contributed by atoms with Crippen LogP contribution < -0.4 is 15.4 Å². The molecule has 7 rings (SSSR count). The van der Waals surface area contributed by atoms with Gasteiger partial charge in [0.15, 0.2) is 0 Å². The zero-order valence-electron chi connectivity index (χ0n) is 22.0. The van der Waals surface area contributed by atoms with Crippen molar-refractivity contribution in [1.82, 2.24) is 15.5 Å². The van der Waals surface area contributed by atoms with Gasteiger partial charge in [0.1, 0.15) is 11.6 Å². The Morgan fingerprint density at radius 2 is 1.68 bits per heavy atom. The Labute approximate surface area is 220 Å². The molecule has 4 aliphatic carbocycles. The summed E-state index contributed by atoms with van der Waals surface area (Å²) in [5, 5.41) is 6.43. The molecule has 2 amide bonds. The van der Waals surface area contributed by atoms with Crippen molar-refractivity contribution in [1.29, 1.82) is 0 Å². The highest BCUT2D eigenvalue weighted by Gasteiger charge is 2.50. The molecule has 1 aromatic rings. The monoisotopic (exact) mass is 511 g/mol. The quantitative estimate of drug-likeness (QED) is 0.329. The van der Waals surface area contributed by atoms with E-state index in [0.717, 1.165) is 48.3 Å². The van der Waals surface area contributed by atoms with Crippen molar-refractivity contribution in [2.24, 2.45) is 17.8 Å². The van der Waals surface area contributed by atoms with Crippen molar-refractivity contribution in [2.45, 2.75) is 108 Å². The number of carbonyl (C=O) groups is 2. The van der Waals surface area contributed by atoms with Crippen molar-refractivity contribution >= 4 is 11.8 Å². The van der Waals surface area contributed by atoms with Crippen LogP contribution >= 0.6 is 0 Å². The summed E-state index contributed by atoms with van der Waals surface area (Å²) in [6.07, 6.45) is 15.4. The molecule has 6 aliphatic rings. The van der Waals surface area contributed by atoms with E-state index < -0.39 is 0 Å². The van der Waals surface area contributed by atoms with E-state index in [0.29, 0.717) is 43.8 Å². The molecule has 7 heteroatoms. The smallest absolute Gasteiger partial charge is 0.243 e. The van der Waals surface area contributed by atoms with Gasteiger partial charge in [-0.1, -0.05) is 19.3 Å². The number of fused-ring (bicyclic) bond motifs is 1. The van der Waals surface area contributed by atoms with E-state index in [9.17, 15) is 14.0 Å². The van der Waals surface area contributed by atoms with Gasteiger partial charge in [-0.05, 0) is 93.7 Å². The third kappa shape index (κ3) is 5.58. The van der Waals surface area contributed by atoms with E-state index >= 15 is 0 Å². The highest BCUT2D eigenvalue weighted by atomic mass is 19.1. The molecule has 1 saturated heterocycles. The van der Waals surface area contributed by atoms with E-state index in [4.69, 9.17) is 4.74 Å². The number of hydrogen-bond acceptors (Lipinski definition) is 5. The van der Waals surface area contributed by atoms with E-state index in [1.54, 1.807) is 6.07 Å². The number of piperidine rings is 1. The summed E-state index contributed by atoms with van der Waals surface area (Å²) < 4.78 is 20.3. The lowest BCUT2D eigenvalue weighted by Crippen LogP contribution is -2.58. The molecule has 1 unspecified atom stereocenters. The summed E-state index contributed by atoms with van der Waals surface area (Å²) in [6, 6.07) is 2.67. The third-order valence-corrected chi connectivity index (χ3v) is 9.77. The molecule has 6 nitrogen and oxygen atoms in total. The van der Waals surface area contributed by atoms with Crippen molar-refractivity contribution < 1.29 is 18.7 Å². The van der Waals surface area contributed by atoms with Crippen LogP contribution in [0.25, 0.3) is 0 Å². The lowest BCUT2D eigenvalue weighted by atomic mass is 9.53. The summed E-state index contributed by atoms with van der Waals surface area (Å²) >= 11 is 0. The Morgan fingerprint density at radius 1 is 0.973 bits per heavy atom. The second-order valence-corrected chi connectivity index (χ2v) is 12.7. The van der Waals surface area contributed by atoms with Gasteiger partial charge in [-0.15, -0.1) is 0 Å². The van der Waals surface area contributed by atoms with Gasteiger partial charge in [0.05, 0.1) is 12.6 Å². The van der Waals surface area contributed by atoms with E-state index in [-0.39, 0.29) is 23.7 Å². The van der Waals surface area contributed by atoms with Crippen LogP contribution in [0.15, 0.2) is 12.1 Å². The number of ether oxygens (including phenoxy) is 1. The maximum Gasteiger partial charge on any atom is 0.243 e. The summed E-state index contributed by atoms with van der Waals surface area (Å²) in [4.78, 5) is 25.8. The number of halogens is 1. The van der Waals surface area contributed by atoms with Gasteiger partial charge in [0.2, 0.25) is 11.8 Å². The van der Waals surface area contributed by atoms with E-state index in [2.05, 4.69) is 10.6 Å². The minimum atomic E-state index is -0.349. The predicted molar refractivity (Wildman–Crippen MR) is 139 cm³/mol. The van der Waals surface area contributed by atoms with Crippen LogP contribution in [-0.2, 0) is 22.7 Å². The summed E-state index contributed by atoms with van der Waals surface area (Å²) in [5.74, 6) is 2.83. The van der Waals surface area contributed by atoms with Gasteiger partial charge in [-0.3, -0.25) is 19.8 Å². The molecule has 5 fully saturated rings. The highest BCUT2D eigenvalue weighted by Crippen LogP contribution is 2.55. The van der Waals surface area contributed by atoms with Gasteiger partial charge in [0, 0.05) is 36.7 Å². The van der Waals surface area contributed by atoms with E-state index in [1.165, 1.54) is 63.9 Å². The molecule has 4 bridgehead atoms. The Balaban J connectivity index is 0.894. The first-order valence-electron chi connectivity index (χ1n) is 14.7. The maximum atomic E-state index is 14.3. The molecule has 37 heavy (non-hydrogen) atoms. The average molecular weight is 512 g/mol. The third-order valence-electron chi connectivity index (χ3n) is 9.77. The molecular formula is C30H42FN3O3. The fourth-order valence-electron chi connectivity index (χ4n) is 8.46. The number of rotatable bonds is 11. The largest absolute Gasteiger partial charge is 0.493 e. The van der Waals surface area contributed by atoms with Crippen LogP contribution in [-0.4, -0.2) is 41.4 Å². The zero-order chi connectivity index (χ0) is 25.4. The Bertz CT molecular complexity index is 992. The standard InChI is InChI=1S/C30H42FN3O3/c31-24-13-23-18-34(26-6-7-28(35)33-29(26)36)19-25(23)27(14-24)37-9-5-3-1-2-4-8-32-30-15-20-10-21(16-30)12-22(11-20)17-30/h13-14,20-22,26,32H,1-12,15-19H2,(H,33,35,36). The molecule has 2 aliphatic heterocycles. The second-order valence-electron chi connectivity index (χ2n) is 12.7. The Kier molecular flexibility index (Phi) is 7.28. The number of amides is 2. The number of carbonyl (C=O) groups excluding carboxylic acids is 2. The average Bonchev–Trinajstić information content (AvgIpc) is 3.25. The molecule has 1 aromatic carbocycles. The zero-order valence-corrected chi connectivity index (χ0v) is 22.0. The number of hydrogen-bond donors (Lipinski definition) is 2. The van der Waals surface area contributed by atoms with Crippen LogP contribution in [0.5, 0.6) is 5.75 Å². The molecule has 0 spiro atoms. The Hall–Kier alpha value is -1.99. The minimum Gasteiger partial charge on any atom is -0.493 e.